The molecule has 408 valence electrons. The zero-order valence-corrected chi connectivity index (χ0v) is 48.5. The van der Waals surface area contributed by atoms with Crippen molar-refractivity contribution in [1.29, 1.82) is 0 Å². The van der Waals surface area contributed by atoms with Gasteiger partial charge in [-0.1, -0.05) is 210 Å². The molecule has 0 spiro atoms. The first kappa shape index (κ1) is 50.1. The van der Waals surface area contributed by atoms with E-state index in [0.29, 0.717) is 0 Å². The highest BCUT2D eigenvalue weighted by Gasteiger charge is 2.38. The Hall–Kier alpha value is -10.5. The molecule has 0 saturated carbocycles. The maximum absolute atomic E-state index is 5.34. The van der Waals surface area contributed by atoms with E-state index in [1.807, 2.05) is 6.07 Å². The molecule has 0 radical (unpaired) electrons. The predicted molar refractivity (Wildman–Crippen MR) is 357 cm³/mol. The minimum Gasteiger partial charge on any atom is -0.309 e. The Morgan fingerprint density at radius 1 is 0.314 bits per heavy atom. The first-order chi connectivity index (χ1) is 42.1. The maximum Gasteiger partial charge on any atom is 0.160 e. The van der Waals surface area contributed by atoms with E-state index < -0.39 is 0 Å². The fourth-order valence-corrected chi connectivity index (χ4v) is 14.6. The van der Waals surface area contributed by atoms with Gasteiger partial charge in [0.2, 0.25) is 0 Å². The number of nitrogens with zero attached hydrogens (tertiary/aromatic N) is 5. The van der Waals surface area contributed by atoms with Crippen molar-refractivity contribution in [2.24, 2.45) is 0 Å². The van der Waals surface area contributed by atoms with Crippen molar-refractivity contribution in [1.82, 2.24) is 24.1 Å². The Morgan fingerprint density at radius 2 is 0.791 bits per heavy atom. The predicted octanol–water partition coefficient (Wildman–Crippen LogP) is 20.7. The van der Waals surface area contributed by atoms with Crippen LogP contribution < -0.4 is 0 Å². The SMILES string of the molecule is CC1(C)c2ccccc2-c2cc3c4cc(-c5ccc6c(c5)c5cc7c(cc5n6-c5cc(-c6ccccc6)nc(-c6ccccc6)c5)C(C)(C)c5ccccc5-7)ccc4n(-c4cccc(-c5cc(C6=CCCC=C6)nc(-c6ccccc6)n5)c4)c3cc21. The topological polar surface area (TPSA) is 48.5 Å². The molecule has 17 rings (SSSR count). The van der Waals surface area contributed by atoms with Crippen molar-refractivity contribution >= 4 is 49.2 Å². The molecule has 3 aliphatic rings. The van der Waals surface area contributed by atoms with Gasteiger partial charge in [-0.2, -0.15) is 0 Å². The highest BCUT2D eigenvalue weighted by atomic mass is 15.0. The monoisotopic (exact) mass is 1100 g/mol. The van der Waals surface area contributed by atoms with Gasteiger partial charge >= 0.3 is 0 Å². The molecule has 4 aromatic heterocycles. The lowest BCUT2D eigenvalue weighted by Gasteiger charge is -2.21. The van der Waals surface area contributed by atoms with Crippen LogP contribution in [0.15, 0.2) is 261 Å². The van der Waals surface area contributed by atoms with Crippen LogP contribution >= 0.6 is 0 Å². The van der Waals surface area contributed by atoms with E-state index in [1.165, 1.54) is 77.1 Å². The molecule has 0 unspecified atom stereocenters. The summed E-state index contributed by atoms with van der Waals surface area (Å²) in [6.45, 7) is 9.51. The van der Waals surface area contributed by atoms with Crippen LogP contribution in [0.25, 0.3) is 139 Å². The van der Waals surface area contributed by atoms with Crippen molar-refractivity contribution in [2.75, 3.05) is 0 Å². The number of benzene rings is 10. The summed E-state index contributed by atoms with van der Waals surface area (Å²) in [5.74, 6) is 0.720. The molecule has 5 heteroatoms. The number of fused-ring (bicyclic) bond motifs is 12. The summed E-state index contributed by atoms with van der Waals surface area (Å²) in [6, 6.07) is 89.4. The summed E-state index contributed by atoms with van der Waals surface area (Å²) in [7, 11) is 0. The fraction of sp³-hybridized carbons (Fsp3) is 0.0988. The van der Waals surface area contributed by atoms with Gasteiger partial charge in [-0.25, -0.2) is 15.0 Å². The second kappa shape index (κ2) is 19.0. The smallest absolute Gasteiger partial charge is 0.160 e. The average Bonchev–Trinajstić information content (AvgIpc) is 1.62. The third-order valence-corrected chi connectivity index (χ3v) is 18.9. The van der Waals surface area contributed by atoms with E-state index in [4.69, 9.17) is 15.0 Å². The number of hydrogen-bond donors (Lipinski definition) is 0. The van der Waals surface area contributed by atoms with E-state index in [0.717, 1.165) is 103 Å². The summed E-state index contributed by atoms with van der Waals surface area (Å²) < 4.78 is 4.98. The summed E-state index contributed by atoms with van der Waals surface area (Å²) in [5.41, 5.74) is 28.4. The Labute approximate surface area is 500 Å². The second-order valence-electron chi connectivity index (χ2n) is 24.7. The minimum absolute atomic E-state index is 0.182. The molecule has 0 atom stereocenters. The third-order valence-electron chi connectivity index (χ3n) is 18.9. The van der Waals surface area contributed by atoms with Gasteiger partial charge in [-0.3, -0.25) is 0 Å². The van der Waals surface area contributed by atoms with E-state index in [9.17, 15) is 0 Å². The molecule has 3 aliphatic carbocycles. The van der Waals surface area contributed by atoms with E-state index >= 15 is 0 Å². The van der Waals surface area contributed by atoms with Crippen LogP contribution in [-0.2, 0) is 10.8 Å². The van der Waals surface area contributed by atoms with Crippen LogP contribution in [0.2, 0.25) is 0 Å². The minimum atomic E-state index is -0.184. The maximum atomic E-state index is 5.34. The molecular weight excluding hydrogens is 1040 g/mol. The van der Waals surface area contributed by atoms with Crippen molar-refractivity contribution in [3.05, 3.63) is 289 Å². The Balaban J connectivity index is 0.878. The van der Waals surface area contributed by atoms with Gasteiger partial charge in [0.15, 0.2) is 5.82 Å². The summed E-state index contributed by atoms with van der Waals surface area (Å²) in [4.78, 5) is 15.8. The van der Waals surface area contributed by atoms with E-state index in [2.05, 4.69) is 292 Å². The molecular formula is C81H59N5. The lowest BCUT2D eigenvalue weighted by atomic mass is 9.82. The van der Waals surface area contributed by atoms with Crippen molar-refractivity contribution in [2.45, 2.75) is 51.4 Å². The number of allylic oxidation sites excluding steroid dienone is 4. The molecule has 0 N–H and O–H groups in total. The first-order valence-electron chi connectivity index (χ1n) is 30.1. The molecule has 0 amide bonds. The molecule has 86 heavy (non-hydrogen) atoms. The second-order valence-corrected chi connectivity index (χ2v) is 24.7. The average molecular weight is 1100 g/mol. The molecule has 0 aliphatic heterocycles. The quantitative estimate of drug-likeness (QED) is 0.152. The van der Waals surface area contributed by atoms with Gasteiger partial charge in [0.25, 0.3) is 0 Å². The molecule has 0 bridgehead atoms. The lowest BCUT2D eigenvalue weighted by molar-refractivity contribution is 0.661. The molecule has 10 aromatic carbocycles. The van der Waals surface area contributed by atoms with Gasteiger partial charge in [-0.15, -0.1) is 0 Å². The van der Waals surface area contributed by atoms with Crippen LogP contribution in [0.5, 0.6) is 0 Å². The summed E-state index contributed by atoms with van der Waals surface area (Å²) >= 11 is 0. The van der Waals surface area contributed by atoms with Crippen LogP contribution in [0, 0.1) is 0 Å². The molecule has 5 nitrogen and oxygen atoms in total. The number of aromatic nitrogens is 5. The summed E-state index contributed by atoms with van der Waals surface area (Å²) in [6.07, 6.45) is 8.79. The molecule has 4 heterocycles. The molecule has 14 aromatic rings. The molecule has 0 saturated heterocycles. The largest absolute Gasteiger partial charge is 0.309 e. The fourth-order valence-electron chi connectivity index (χ4n) is 14.6. The van der Waals surface area contributed by atoms with Crippen molar-refractivity contribution < 1.29 is 0 Å². The van der Waals surface area contributed by atoms with Crippen molar-refractivity contribution in [3.63, 3.8) is 0 Å². The van der Waals surface area contributed by atoms with Gasteiger partial charge in [-0.05, 0) is 153 Å². The highest BCUT2D eigenvalue weighted by Crippen LogP contribution is 2.53. The first-order valence-corrected chi connectivity index (χ1v) is 30.1. The van der Waals surface area contributed by atoms with Crippen LogP contribution in [0.3, 0.4) is 0 Å². The highest BCUT2D eigenvalue weighted by molar-refractivity contribution is 6.15. The van der Waals surface area contributed by atoms with Gasteiger partial charge in [0, 0.05) is 60.3 Å². The number of rotatable bonds is 8. The van der Waals surface area contributed by atoms with Crippen molar-refractivity contribution in [3.8, 4) is 89.9 Å². The number of hydrogen-bond acceptors (Lipinski definition) is 3. The van der Waals surface area contributed by atoms with Gasteiger partial charge in [0.05, 0.1) is 50.5 Å². The van der Waals surface area contributed by atoms with Crippen LogP contribution in [0.4, 0.5) is 0 Å². The Kier molecular flexibility index (Phi) is 11.1. The zero-order valence-electron chi connectivity index (χ0n) is 48.5. The van der Waals surface area contributed by atoms with Gasteiger partial charge < -0.3 is 9.13 Å². The van der Waals surface area contributed by atoms with Gasteiger partial charge in [0.1, 0.15) is 0 Å². The Morgan fingerprint density at radius 3 is 1.34 bits per heavy atom. The Bertz CT molecular complexity index is 5150. The van der Waals surface area contributed by atoms with Crippen LogP contribution in [-0.4, -0.2) is 24.1 Å². The normalized spacial score (nSPS) is 14.4. The van der Waals surface area contributed by atoms with E-state index in [1.54, 1.807) is 0 Å². The standard InChI is InChI=1S/C81H59N5/c1-80(2)67-34-19-17-32-59(67)61-45-65-63-41-54(36-38-75(63)85(77(65)47-69(61)80)57-31-21-30-56(40-57)74-49-73(52-26-13-7-14-27-52)83-79(84-74)53-28-15-8-16-29-53)55-37-39-76-64(42-55)66-46-62-60-33-18-20-35-68(60)81(3,4)70(62)48-78(66)86(76)58-43-71(50-22-9-5-10-23-50)82-72(44-58)51-24-11-6-12-25-51/h5-6,8-13,15-49H,7,14H2,1-4H3. The number of pyridine rings is 1. The summed E-state index contributed by atoms with van der Waals surface area (Å²) in [5, 5.41) is 4.86. The molecule has 0 fully saturated rings. The zero-order chi connectivity index (χ0) is 57.4. The lowest BCUT2D eigenvalue weighted by Crippen LogP contribution is -2.15. The van der Waals surface area contributed by atoms with Crippen LogP contribution in [0.1, 0.15) is 68.5 Å². The third kappa shape index (κ3) is 7.74. The van der Waals surface area contributed by atoms with E-state index in [-0.39, 0.29) is 10.8 Å².